The minimum absolute atomic E-state index is 0.201. The van der Waals surface area contributed by atoms with Crippen LogP contribution in [0.2, 0.25) is 0 Å². The molecule has 0 amide bonds. The van der Waals surface area contributed by atoms with Gasteiger partial charge in [0, 0.05) is 0 Å². The maximum absolute atomic E-state index is 12.2. The summed E-state index contributed by atoms with van der Waals surface area (Å²) in [6, 6.07) is 0. The zero-order valence-electron chi connectivity index (χ0n) is 5.76. The van der Waals surface area contributed by atoms with Crippen LogP contribution >= 0.6 is 0 Å². The van der Waals surface area contributed by atoms with E-state index in [9.17, 15) is 4.39 Å². The molecule has 0 aliphatic rings. The van der Waals surface area contributed by atoms with Crippen molar-refractivity contribution in [2.24, 2.45) is 0 Å². The number of hydrogen-bond donors (Lipinski definition) is 0. The SMILES string of the molecule is C\C=C/C=C\C(F)=C/C. The smallest absolute Gasteiger partial charge is 0.118 e. The number of hydrogen-bond acceptors (Lipinski definition) is 0. The lowest BCUT2D eigenvalue weighted by Gasteiger charge is -1.78. The van der Waals surface area contributed by atoms with Crippen molar-refractivity contribution < 1.29 is 4.39 Å². The van der Waals surface area contributed by atoms with Gasteiger partial charge in [0.05, 0.1) is 0 Å². The summed E-state index contributed by atoms with van der Waals surface area (Å²) in [5.41, 5.74) is 0. The molecule has 0 saturated carbocycles. The van der Waals surface area contributed by atoms with E-state index in [1.165, 1.54) is 12.2 Å². The molecule has 0 atom stereocenters. The first-order valence-electron chi connectivity index (χ1n) is 2.92. The van der Waals surface area contributed by atoms with E-state index in [-0.39, 0.29) is 5.83 Å². The van der Waals surface area contributed by atoms with Gasteiger partial charge in [-0.2, -0.15) is 0 Å². The molecule has 0 aliphatic heterocycles. The van der Waals surface area contributed by atoms with Crippen LogP contribution in [-0.4, -0.2) is 0 Å². The maximum atomic E-state index is 12.2. The van der Waals surface area contributed by atoms with E-state index in [0.29, 0.717) is 0 Å². The second-order valence-corrected chi connectivity index (χ2v) is 1.56. The first-order chi connectivity index (χ1) is 4.31. The summed E-state index contributed by atoms with van der Waals surface area (Å²) in [6.45, 7) is 3.55. The predicted octanol–water partition coefficient (Wildman–Crippen LogP) is 2.99. The van der Waals surface area contributed by atoms with Gasteiger partial charge < -0.3 is 0 Å². The van der Waals surface area contributed by atoms with E-state index in [4.69, 9.17) is 0 Å². The van der Waals surface area contributed by atoms with Crippen molar-refractivity contribution in [2.75, 3.05) is 0 Å². The molecule has 0 aliphatic carbocycles. The molecule has 0 aromatic rings. The fourth-order valence-electron chi connectivity index (χ4n) is 0.355. The van der Waals surface area contributed by atoms with Crippen molar-refractivity contribution in [1.29, 1.82) is 0 Å². The van der Waals surface area contributed by atoms with Crippen LogP contribution in [0.25, 0.3) is 0 Å². The maximum Gasteiger partial charge on any atom is 0.118 e. The number of rotatable bonds is 2. The molecule has 0 spiro atoms. The molecule has 50 valence electrons. The first kappa shape index (κ1) is 8.15. The Morgan fingerprint density at radius 2 is 1.89 bits per heavy atom. The van der Waals surface area contributed by atoms with Crippen LogP contribution in [0.3, 0.4) is 0 Å². The molecular weight excluding hydrogens is 115 g/mol. The van der Waals surface area contributed by atoms with Crippen LogP contribution in [0.4, 0.5) is 4.39 Å². The number of halogens is 1. The van der Waals surface area contributed by atoms with Gasteiger partial charge in [0.15, 0.2) is 0 Å². The van der Waals surface area contributed by atoms with Gasteiger partial charge in [-0.15, -0.1) is 0 Å². The first-order valence-corrected chi connectivity index (χ1v) is 2.92. The van der Waals surface area contributed by atoms with Crippen LogP contribution in [0, 0.1) is 0 Å². The van der Waals surface area contributed by atoms with Gasteiger partial charge in [0.2, 0.25) is 0 Å². The third-order valence-corrected chi connectivity index (χ3v) is 0.835. The van der Waals surface area contributed by atoms with Gasteiger partial charge in [0.1, 0.15) is 5.83 Å². The summed E-state index contributed by atoms with van der Waals surface area (Å²) >= 11 is 0. The van der Waals surface area contributed by atoms with Gasteiger partial charge in [-0.05, 0) is 19.9 Å². The van der Waals surface area contributed by atoms with Crippen molar-refractivity contribution >= 4 is 0 Å². The molecule has 0 unspecified atom stereocenters. The van der Waals surface area contributed by atoms with Gasteiger partial charge in [-0.3, -0.25) is 0 Å². The standard InChI is InChI=1S/C8H11F/c1-3-5-6-7-8(9)4-2/h3-7H,1-2H3/b5-3-,7-6-,8-4+. The van der Waals surface area contributed by atoms with Crippen LogP contribution in [0.1, 0.15) is 13.8 Å². The fourth-order valence-corrected chi connectivity index (χ4v) is 0.355. The summed E-state index contributed by atoms with van der Waals surface area (Å²) in [5.74, 6) is -0.201. The third kappa shape index (κ3) is 5.01. The Bertz CT molecular complexity index is 141. The Labute approximate surface area is 55.4 Å². The predicted molar refractivity (Wildman–Crippen MR) is 38.8 cm³/mol. The lowest BCUT2D eigenvalue weighted by molar-refractivity contribution is 0.665. The van der Waals surface area contributed by atoms with Gasteiger partial charge >= 0.3 is 0 Å². The molecule has 0 N–H and O–H groups in total. The normalized spacial score (nSPS) is 13.9. The van der Waals surface area contributed by atoms with E-state index >= 15 is 0 Å². The molecule has 0 nitrogen and oxygen atoms in total. The highest BCUT2D eigenvalue weighted by Gasteiger charge is 1.77. The van der Waals surface area contributed by atoms with Crippen LogP contribution in [0.5, 0.6) is 0 Å². The van der Waals surface area contributed by atoms with Crippen molar-refractivity contribution in [2.45, 2.75) is 13.8 Å². The van der Waals surface area contributed by atoms with Gasteiger partial charge in [-0.1, -0.05) is 24.3 Å². The molecule has 0 fully saturated rings. The average molecular weight is 126 g/mol. The van der Waals surface area contributed by atoms with E-state index in [1.807, 2.05) is 13.0 Å². The lowest BCUT2D eigenvalue weighted by atomic mass is 10.4. The monoisotopic (exact) mass is 126 g/mol. The second-order valence-electron chi connectivity index (χ2n) is 1.56. The molecule has 0 bridgehead atoms. The van der Waals surface area contributed by atoms with Crippen molar-refractivity contribution in [3.05, 3.63) is 36.2 Å². The van der Waals surface area contributed by atoms with Crippen molar-refractivity contribution in [3.63, 3.8) is 0 Å². The van der Waals surface area contributed by atoms with Gasteiger partial charge in [0.25, 0.3) is 0 Å². The lowest BCUT2D eigenvalue weighted by Crippen LogP contribution is -1.59. The van der Waals surface area contributed by atoms with Gasteiger partial charge in [-0.25, -0.2) is 4.39 Å². The Morgan fingerprint density at radius 1 is 1.22 bits per heavy atom. The van der Waals surface area contributed by atoms with Crippen LogP contribution < -0.4 is 0 Å². The minimum Gasteiger partial charge on any atom is -0.207 e. The molecule has 0 aromatic carbocycles. The molecule has 0 aromatic heterocycles. The van der Waals surface area contributed by atoms with Crippen molar-refractivity contribution in [3.8, 4) is 0 Å². The Balaban J connectivity index is 3.71. The zero-order chi connectivity index (χ0) is 7.11. The Morgan fingerprint density at radius 3 is 2.33 bits per heavy atom. The minimum atomic E-state index is -0.201. The summed E-state index contributed by atoms with van der Waals surface area (Å²) < 4.78 is 12.2. The topological polar surface area (TPSA) is 0 Å². The highest BCUT2D eigenvalue weighted by molar-refractivity contribution is 5.15. The Kier molecular flexibility index (Phi) is 4.79. The average Bonchev–Trinajstić information content (AvgIpc) is 1.89. The summed E-state index contributed by atoms with van der Waals surface area (Å²) in [6.07, 6.45) is 8.12. The van der Waals surface area contributed by atoms with E-state index < -0.39 is 0 Å². The third-order valence-electron chi connectivity index (χ3n) is 0.835. The quantitative estimate of drug-likeness (QED) is 0.499. The molecule has 0 saturated heterocycles. The van der Waals surface area contributed by atoms with Crippen LogP contribution in [-0.2, 0) is 0 Å². The summed E-state index contributed by atoms with van der Waals surface area (Å²) in [7, 11) is 0. The Hall–Kier alpha value is -0.850. The fraction of sp³-hybridized carbons (Fsp3) is 0.250. The second kappa shape index (κ2) is 5.29. The molecule has 0 heterocycles. The van der Waals surface area contributed by atoms with E-state index in [2.05, 4.69) is 0 Å². The largest absolute Gasteiger partial charge is 0.207 e. The summed E-state index contributed by atoms with van der Waals surface area (Å²) in [4.78, 5) is 0. The molecule has 9 heavy (non-hydrogen) atoms. The van der Waals surface area contributed by atoms with E-state index in [1.54, 1.807) is 19.1 Å². The highest BCUT2D eigenvalue weighted by atomic mass is 19.1. The number of allylic oxidation sites excluding steroid dienone is 6. The molecule has 1 heteroatoms. The van der Waals surface area contributed by atoms with Crippen molar-refractivity contribution in [1.82, 2.24) is 0 Å². The zero-order valence-corrected chi connectivity index (χ0v) is 5.76. The van der Waals surface area contributed by atoms with Crippen LogP contribution in [0.15, 0.2) is 36.2 Å². The molecular formula is C8H11F. The van der Waals surface area contributed by atoms with E-state index in [0.717, 1.165) is 0 Å². The summed E-state index contributed by atoms with van der Waals surface area (Å²) in [5, 5.41) is 0. The molecule has 0 radical (unpaired) electrons. The molecule has 0 rings (SSSR count). The highest BCUT2D eigenvalue weighted by Crippen LogP contribution is 1.96.